The molecule has 0 saturated carbocycles. The fraction of sp³-hybridized carbons (Fsp3) is 0.417. The molecule has 1 spiro atoms. The average Bonchev–Trinajstić information content (AvgIpc) is 2.71. The van der Waals surface area contributed by atoms with Gasteiger partial charge in [0.15, 0.2) is 5.41 Å². The normalized spacial score (nSPS) is 26.9. The van der Waals surface area contributed by atoms with E-state index >= 15 is 0 Å². The number of fused-ring (bicyclic) bond motifs is 4. The molecule has 0 aliphatic carbocycles. The minimum Gasteiger partial charge on any atom is -0.422 e. The molecular formula is C24H25NO4. The summed E-state index contributed by atoms with van der Waals surface area (Å²) in [5, 5.41) is 0. The summed E-state index contributed by atoms with van der Waals surface area (Å²) >= 11 is 0. The lowest BCUT2D eigenvalue weighted by Gasteiger charge is -2.54. The first-order valence-corrected chi connectivity index (χ1v) is 10.3. The molecule has 2 saturated heterocycles. The first kappa shape index (κ1) is 18.2. The van der Waals surface area contributed by atoms with Crippen LogP contribution in [0.2, 0.25) is 0 Å². The minimum absolute atomic E-state index is 0.285. The molecule has 3 aliphatic rings. The Balaban J connectivity index is 1.61. The molecule has 2 atom stereocenters. The molecule has 2 aromatic carbocycles. The van der Waals surface area contributed by atoms with E-state index in [1.807, 2.05) is 36.4 Å². The first-order valence-electron chi connectivity index (χ1n) is 10.3. The maximum absolute atomic E-state index is 13.4. The molecule has 29 heavy (non-hydrogen) atoms. The number of rotatable bonds is 1. The van der Waals surface area contributed by atoms with Gasteiger partial charge in [0.25, 0.3) is 5.79 Å². The van der Waals surface area contributed by atoms with Crippen LogP contribution in [0.4, 0.5) is 5.69 Å². The number of benzene rings is 2. The highest BCUT2D eigenvalue weighted by molar-refractivity contribution is 6.04. The Morgan fingerprint density at radius 3 is 2.31 bits per heavy atom. The van der Waals surface area contributed by atoms with Gasteiger partial charge in [0, 0.05) is 32.5 Å². The number of ether oxygens (including phenoxy) is 2. The maximum Gasteiger partial charge on any atom is 0.329 e. The number of hydrogen-bond acceptors (Lipinski definition) is 5. The largest absolute Gasteiger partial charge is 0.422 e. The zero-order valence-electron chi connectivity index (χ0n) is 16.8. The van der Waals surface area contributed by atoms with E-state index < -0.39 is 23.1 Å². The van der Waals surface area contributed by atoms with Crippen molar-refractivity contribution < 1.29 is 19.1 Å². The van der Waals surface area contributed by atoms with Gasteiger partial charge < -0.3 is 14.4 Å². The minimum atomic E-state index is -1.32. The smallest absolute Gasteiger partial charge is 0.329 e. The molecule has 5 rings (SSSR count). The van der Waals surface area contributed by atoms with Gasteiger partial charge in [-0.3, -0.25) is 9.59 Å². The number of carbonyl (C=O) groups is 2. The van der Waals surface area contributed by atoms with E-state index in [1.165, 1.54) is 5.56 Å². The van der Waals surface area contributed by atoms with E-state index in [-0.39, 0.29) is 12.0 Å². The zero-order chi connectivity index (χ0) is 20.2. The third-order valence-corrected chi connectivity index (χ3v) is 6.62. The Bertz CT molecular complexity index is 948. The van der Waals surface area contributed by atoms with Crippen LogP contribution in [-0.2, 0) is 25.5 Å². The lowest BCUT2D eigenvalue weighted by molar-refractivity contribution is -0.253. The van der Waals surface area contributed by atoms with Crippen LogP contribution in [0.1, 0.15) is 43.7 Å². The van der Waals surface area contributed by atoms with Crippen LogP contribution in [0.5, 0.6) is 0 Å². The fourth-order valence-corrected chi connectivity index (χ4v) is 5.26. The Kier molecular flexibility index (Phi) is 3.99. The average molecular weight is 391 g/mol. The van der Waals surface area contributed by atoms with Gasteiger partial charge >= 0.3 is 11.9 Å². The number of nitrogens with zero attached hydrogens (tertiary/aromatic N) is 1. The highest BCUT2D eigenvalue weighted by atomic mass is 16.7. The van der Waals surface area contributed by atoms with E-state index in [1.54, 1.807) is 13.8 Å². The number of anilines is 1. The number of para-hydroxylation sites is 1. The van der Waals surface area contributed by atoms with Gasteiger partial charge in [0.1, 0.15) is 0 Å². The highest BCUT2D eigenvalue weighted by Gasteiger charge is 2.64. The molecule has 0 bridgehead atoms. The van der Waals surface area contributed by atoms with Crippen molar-refractivity contribution in [3.63, 3.8) is 0 Å². The standard InChI is InChI=1S/C24H25NO4/c1-23(2)28-21(26)24(22(27)29-23)15-18-10-6-7-11-19(18)25-13-12-17(14-20(24)25)16-8-4-3-5-9-16/h3-11,17,20H,12-15H2,1-2H3/t17-,20-/m0/s1. The lowest BCUT2D eigenvalue weighted by atomic mass is 9.65. The molecule has 3 aliphatic heterocycles. The van der Waals surface area contributed by atoms with Crippen molar-refractivity contribution in [3.8, 4) is 0 Å². The molecule has 150 valence electrons. The summed E-state index contributed by atoms with van der Waals surface area (Å²) in [4.78, 5) is 28.9. The number of carbonyl (C=O) groups excluding carboxylic acids is 2. The van der Waals surface area contributed by atoms with Gasteiger partial charge in [-0.05, 0) is 36.0 Å². The molecule has 5 nitrogen and oxygen atoms in total. The molecule has 3 heterocycles. The number of esters is 2. The van der Waals surface area contributed by atoms with Crippen LogP contribution in [-0.4, -0.2) is 30.3 Å². The van der Waals surface area contributed by atoms with Crippen LogP contribution in [0, 0.1) is 5.41 Å². The zero-order valence-corrected chi connectivity index (χ0v) is 16.8. The first-order chi connectivity index (χ1) is 13.9. The third-order valence-electron chi connectivity index (χ3n) is 6.62. The van der Waals surface area contributed by atoms with Crippen LogP contribution in [0.25, 0.3) is 0 Å². The van der Waals surface area contributed by atoms with Crippen LogP contribution in [0.3, 0.4) is 0 Å². The van der Waals surface area contributed by atoms with Crippen molar-refractivity contribution >= 4 is 17.6 Å². The molecule has 2 aromatic rings. The second-order valence-corrected chi connectivity index (χ2v) is 8.80. The van der Waals surface area contributed by atoms with Crippen molar-refractivity contribution in [2.45, 2.75) is 50.9 Å². The summed E-state index contributed by atoms with van der Waals surface area (Å²) in [5.74, 6) is -1.86. The lowest BCUT2D eigenvalue weighted by Crippen LogP contribution is -2.67. The Morgan fingerprint density at radius 1 is 0.931 bits per heavy atom. The molecule has 2 fully saturated rings. The molecule has 0 unspecified atom stereocenters. The van der Waals surface area contributed by atoms with E-state index in [2.05, 4.69) is 23.1 Å². The van der Waals surface area contributed by atoms with E-state index in [0.717, 1.165) is 24.2 Å². The van der Waals surface area contributed by atoms with Gasteiger partial charge in [-0.1, -0.05) is 48.5 Å². The Hall–Kier alpha value is -2.82. The van der Waals surface area contributed by atoms with Gasteiger partial charge in [-0.2, -0.15) is 0 Å². The summed E-state index contributed by atoms with van der Waals surface area (Å²) in [6.45, 7) is 4.00. The molecule has 0 radical (unpaired) electrons. The van der Waals surface area contributed by atoms with Crippen molar-refractivity contribution in [1.82, 2.24) is 0 Å². The van der Waals surface area contributed by atoms with Gasteiger partial charge in [-0.25, -0.2) is 0 Å². The van der Waals surface area contributed by atoms with Crippen LogP contribution in [0.15, 0.2) is 54.6 Å². The van der Waals surface area contributed by atoms with Crippen molar-refractivity contribution in [2.75, 3.05) is 11.4 Å². The van der Waals surface area contributed by atoms with E-state index in [4.69, 9.17) is 9.47 Å². The summed E-state index contributed by atoms with van der Waals surface area (Å²) < 4.78 is 11.3. The van der Waals surface area contributed by atoms with Crippen molar-refractivity contribution in [1.29, 1.82) is 0 Å². The van der Waals surface area contributed by atoms with Crippen molar-refractivity contribution in [2.24, 2.45) is 5.41 Å². The Labute approximate surface area is 170 Å². The van der Waals surface area contributed by atoms with Gasteiger partial charge in [0.05, 0.1) is 6.04 Å². The highest BCUT2D eigenvalue weighted by Crippen LogP contribution is 2.51. The molecule has 0 N–H and O–H groups in total. The quantitative estimate of drug-likeness (QED) is 0.546. The van der Waals surface area contributed by atoms with E-state index in [9.17, 15) is 9.59 Å². The predicted molar refractivity (Wildman–Crippen MR) is 108 cm³/mol. The summed E-state index contributed by atoms with van der Waals surface area (Å²) in [6, 6.07) is 18.1. The van der Waals surface area contributed by atoms with Crippen LogP contribution >= 0.6 is 0 Å². The van der Waals surface area contributed by atoms with Crippen molar-refractivity contribution in [3.05, 3.63) is 65.7 Å². The van der Waals surface area contributed by atoms with Crippen LogP contribution < -0.4 is 4.90 Å². The summed E-state index contributed by atoms with van der Waals surface area (Å²) in [7, 11) is 0. The molecule has 0 aromatic heterocycles. The summed E-state index contributed by atoms with van der Waals surface area (Å²) in [5.41, 5.74) is 2.03. The second-order valence-electron chi connectivity index (χ2n) is 8.80. The fourth-order valence-electron chi connectivity index (χ4n) is 5.26. The van der Waals surface area contributed by atoms with E-state index in [0.29, 0.717) is 12.8 Å². The SMILES string of the molecule is CC1(C)OC(=O)C2(Cc3ccccc3N3CC[C@H](c4ccccc4)C[C@H]32)C(=O)O1. The number of hydrogen-bond donors (Lipinski definition) is 0. The maximum atomic E-state index is 13.4. The molecule has 5 heteroatoms. The topological polar surface area (TPSA) is 55.8 Å². The summed E-state index contributed by atoms with van der Waals surface area (Å²) in [6.07, 6.45) is 2.00. The Morgan fingerprint density at radius 2 is 1.59 bits per heavy atom. The monoisotopic (exact) mass is 391 g/mol. The number of cyclic esters (lactones) is 2. The third kappa shape index (κ3) is 2.75. The predicted octanol–water partition coefficient (Wildman–Crippen LogP) is 3.82. The molecular weight excluding hydrogens is 366 g/mol. The van der Waals surface area contributed by atoms with Gasteiger partial charge in [0.2, 0.25) is 0 Å². The number of piperidine rings is 1. The molecule has 0 amide bonds. The van der Waals surface area contributed by atoms with Gasteiger partial charge in [-0.15, -0.1) is 0 Å². The second kappa shape index (κ2) is 6.34.